The Kier molecular flexibility index (Phi) is 8.75. The molecule has 33 heavy (non-hydrogen) atoms. The van der Waals surface area contributed by atoms with Crippen molar-refractivity contribution in [1.29, 1.82) is 0 Å². The minimum atomic E-state index is -0.357. The Labute approximate surface area is 209 Å². The molecule has 0 unspecified atom stereocenters. The number of carbonyl (C=O) groups is 3. The van der Waals surface area contributed by atoms with Crippen LogP contribution >= 0.6 is 34.4 Å². The standard InChI is InChI=1S/C23H23IN2O6S/c1-14-4-6-16(7-5-14)25-20(27)13-32-21-17(24)10-15(11-18(21)31-3)12-19-22(28)26(8-9-30-2)23(29)33-19/h4-7,10-12H,8-9,13H2,1-3H3,(H,25,27)/b19-12+. The number of carbonyl (C=O) groups excluding carboxylic acids is 3. The first-order chi connectivity index (χ1) is 15.8. The monoisotopic (exact) mass is 582 g/mol. The molecule has 1 saturated heterocycles. The predicted molar refractivity (Wildman–Crippen MR) is 136 cm³/mol. The Morgan fingerprint density at radius 2 is 1.91 bits per heavy atom. The lowest BCUT2D eigenvalue weighted by molar-refractivity contribution is -0.123. The van der Waals surface area contributed by atoms with E-state index in [9.17, 15) is 14.4 Å². The van der Waals surface area contributed by atoms with Crippen molar-refractivity contribution in [3.63, 3.8) is 0 Å². The minimum Gasteiger partial charge on any atom is -0.493 e. The number of hydrogen-bond acceptors (Lipinski definition) is 7. The Balaban J connectivity index is 1.71. The lowest BCUT2D eigenvalue weighted by atomic mass is 10.2. The quantitative estimate of drug-likeness (QED) is 0.348. The van der Waals surface area contributed by atoms with E-state index in [1.54, 1.807) is 18.2 Å². The van der Waals surface area contributed by atoms with Gasteiger partial charge in [0.05, 0.1) is 28.7 Å². The average Bonchev–Trinajstić information content (AvgIpc) is 3.05. The van der Waals surface area contributed by atoms with Crippen molar-refractivity contribution in [2.45, 2.75) is 6.92 Å². The van der Waals surface area contributed by atoms with Crippen LogP contribution in [0.15, 0.2) is 41.3 Å². The molecule has 0 bridgehead atoms. The van der Waals surface area contributed by atoms with Crippen molar-refractivity contribution in [1.82, 2.24) is 4.90 Å². The Morgan fingerprint density at radius 1 is 1.18 bits per heavy atom. The summed E-state index contributed by atoms with van der Waals surface area (Å²) in [5.74, 6) is 0.173. The van der Waals surface area contributed by atoms with E-state index < -0.39 is 0 Å². The molecule has 10 heteroatoms. The van der Waals surface area contributed by atoms with Crippen molar-refractivity contribution in [3.8, 4) is 11.5 Å². The number of nitrogens with zero attached hydrogens (tertiary/aromatic N) is 1. The van der Waals surface area contributed by atoms with Crippen molar-refractivity contribution in [2.24, 2.45) is 0 Å². The number of ether oxygens (including phenoxy) is 3. The summed E-state index contributed by atoms with van der Waals surface area (Å²) in [5.41, 5.74) is 2.46. The maximum Gasteiger partial charge on any atom is 0.293 e. The van der Waals surface area contributed by atoms with Crippen molar-refractivity contribution >= 4 is 63.2 Å². The maximum absolute atomic E-state index is 12.5. The van der Waals surface area contributed by atoms with Crippen LogP contribution < -0.4 is 14.8 Å². The molecule has 1 heterocycles. The first kappa shape index (κ1) is 25.1. The van der Waals surface area contributed by atoms with E-state index in [0.717, 1.165) is 22.2 Å². The largest absolute Gasteiger partial charge is 0.493 e. The van der Waals surface area contributed by atoms with E-state index in [-0.39, 0.29) is 36.8 Å². The fourth-order valence-electron chi connectivity index (χ4n) is 2.96. The van der Waals surface area contributed by atoms with Gasteiger partial charge in [-0.15, -0.1) is 0 Å². The van der Waals surface area contributed by atoms with Crippen molar-refractivity contribution in [3.05, 3.63) is 56.0 Å². The molecule has 0 aromatic heterocycles. The van der Waals surface area contributed by atoms with Gasteiger partial charge in [0, 0.05) is 12.8 Å². The van der Waals surface area contributed by atoms with Gasteiger partial charge in [-0.1, -0.05) is 17.7 Å². The summed E-state index contributed by atoms with van der Waals surface area (Å²) >= 11 is 2.96. The molecule has 0 saturated carbocycles. The molecule has 1 aliphatic rings. The molecule has 0 aliphatic carbocycles. The molecule has 1 fully saturated rings. The number of nitrogens with one attached hydrogen (secondary N) is 1. The molecule has 1 N–H and O–H groups in total. The Morgan fingerprint density at radius 3 is 2.58 bits per heavy atom. The first-order valence-electron chi connectivity index (χ1n) is 9.93. The third-order valence-corrected chi connectivity index (χ3v) is 6.33. The van der Waals surface area contributed by atoms with E-state index in [1.165, 1.54) is 14.2 Å². The number of imide groups is 1. The van der Waals surface area contributed by atoms with Gasteiger partial charge >= 0.3 is 0 Å². The molecule has 3 rings (SSSR count). The SMILES string of the molecule is COCCN1C(=O)S/C(=C/c2cc(I)c(OCC(=O)Nc3ccc(C)cc3)c(OC)c2)C1=O. The molecule has 2 aromatic carbocycles. The Hall–Kier alpha value is -2.57. The number of rotatable bonds is 9. The smallest absolute Gasteiger partial charge is 0.293 e. The summed E-state index contributed by atoms with van der Waals surface area (Å²) in [6.45, 7) is 2.26. The molecule has 2 aromatic rings. The van der Waals surface area contributed by atoms with Crippen molar-refractivity contribution in [2.75, 3.05) is 39.3 Å². The zero-order valence-corrected chi connectivity index (χ0v) is 21.3. The van der Waals surface area contributed by atoms with Gasteiger partial charge in [0.2, 0.25) is 0 Å². The summed E-state index contributed by atoms with van der Waals surface area (Å²) in [4.78, 5) is 38.4. The first-order valence-corrected chi connectivity index (χ1v) is 11.8. The lowest BCUT2D eigenvalue weighted by Gasteiger charge is -2.14. The normalized spacial score (nSPS) is 14.7. The van der Waals surface area contributed by atoms with Gasteiger partial charge in [0.1, 0.15) is 0 Å². The molecule has 0 spiro atoms. The van der Waals surface area contributed by atoms with E-state index >= 15 is 0 Å². The third-order valence-electron chi connectivity index (χ3n) is 4.63. The fraction of sp³-hybridized carbons (Fsp3) is 0.261. The van der Waals surface area contributed by atoms with Crippen LogP contribution in [0.2, 0.25) is 0 Å². The van der Waals surface area contributed by atoms with Crippen LogP contribution in [0.3, 0.4) is 0 Å². The molecular formula is C23H23IN2O6S. The van der Waals surface area contributed by atoms with Gasteiger partial charge < -0.3 is 19.5 Å². The van der Waals surface area contributed by atoms with Crippen LogP contribution in [0.4, 0.5) is 10.5 Å². The molecule has 0 atom stereocenters. The van der Waals surface area contributed by atoms with Crippen LogP contribution in [0, 0.1) is 10.5 Å². The second-order valence-electron chi connectivity index (χ2n) is 7.06. The highest BCUT2D eigenvalue weighted by atomic mass is 127. The summed E-state index contributed by atoms with van der Waals surface area (Å²) < 4.78 is 16.8. The van der Waals surface area contributed by atoms with E-state index in [1.807, 2.05) is 31.2 Å². The summed E-state index contributed by atoms with van der Waals surface area (Å²) in [6, 6.07) is 10.9. The highest BCUT2D eigenvalue weighted by Crippen LogP contribution is 2.37. The Bertz CT molecular complexity index is 1090. The molecular weight excluding hydrogens is 559 g/mol. The second kappa shape index (κ2) is 11.5. The highest BCUT2D eigenvalue weighted by molar-refractivity contribution is 14.1. The zero-order valence-electron chi connectivity index (χ0n) is 18.3. The average molecular weight is 582 g/mol. The maximum atomic E-state index is 12.5. The molecule has 1 aliphatic heterocycles. The zero-order chi connectivity index (χ0) is 24.0. The van der Waals surface area contributed by atoms with Gasteiger partial charge in [0.25, 0.3) is 17.1 Å². The van der Waals surface area contributed by atoms with Crippen molar-refractivity contribution < 1.29 is 28.6 Å². The number of thioether (sulfide) groups is 1. The highest BCUT2D eigenvalue weighted by Gasteiger charge is 2.34. The number of anilines is 1. The number of aryl methyl sites for hydroxylation is 1. The van der Waals surface area contributed by atoms with Crippen LogP contribution in [-0.2, 0) is 14.3 Å². The topological polar surface area (TPSA) is 94.2 Å². The van der Waals surface area contributed by atoms with Crippen LogP contribution in [0.1, 0.15) is 11.1 Å². The van der Waals surface area contributed by atoms with Crippen LogP contribution in [0.5, 0.6) is 11.5 Å². The number of benzene rings is 2. The van der Waals surface area contributed by atoms with Gasteiger partial charge in [-0.2, -0.15) is 0 Å². The third kappa shape index (κ3) is 6.49. The fourth-order valence-corrected chi connectivity index (χ4v) is 4.61. The summed E-state index contributed by atoms with van der Waals surface area (Å²) in [5, 5.41) is 2.45. The van der Waals surface area contributed by atoms with Crippen LogP contribution in [0.25, 0.3) is 6.08 Å². The van der Waals surface area contributed by atoms with E-state index in [4.69, 9.17) is 14.2 Å². The predicted octanol–water partition coefficient (Wildman–Crippen LogP) is 4.31. The summed E-state index contributed by atoms with van der Waals surface area (Å²) in [6.07, 6.45) is 1.64. The number of halogens is 1. The van der Waals surface area contributed by atoms with Crippen LogP contribution in [-0.4, -0.2) is 55.9 Å². The minimum absolute atomic E-state index is 0.196. The summed E-state index contributed by atoms with van der Waals surface area (Å²) in [7, 11) is 3.01. The lowest BCUT2D eigenvalue weighted by Crippen LogP contribution is -2.31. The van der Waals surface area contributed by atoms with Gasteiger partial charge in [0.15, 0.2) is 18.1 Å². The molecule has 0 radical (unpaired) electrons. The van der Waals surface area contributed by atoms with Gasteiger partial charge in [-0.05, 0) is 77.2 Å². The molecule has 3 amide bonds. The van der Waals surface area contributed by atoms with Gasteiger partial charge in [-0.25, -0.2) is 0 Å². The van der Waals surface area contributed by atoms with E-state index in [0.29, 0.717) is 31.2 Å². The number of hydrogen-bond donors (Lipinski definition) is 1. The second-order valence-corrected chi connectivity index (χ2v) is 9.22. The van der Waals surface area contributed by atoms with E-state index in [2.05, 4.69) is 27.9 Å². The number of amides is 3. The number of methoxy groups -OCH3 is 2. The van der Waals surface area contributed by atoms with Gasteiger partial charge in [-0.3, -0.25) is 19.3 Å². The molecule has 8 nitrogen and oxygen atoms in total. The molecule has 174 valence electrons.